The zero-order valence-electron chi connectivity index (χ0n) is 13.2. The largest absolute Gasteiger partial charge is 0.276 e. The topological polar surface area (TPSA) is 40.6 Å². The Morgan fingerprint density at radius 2 is 2.00 bits per heavy atom. The highest BCUT2D eigenvalue weighted by Gasteiger charge is 2.37. The molecule has 0 fully saturated rings. The Labute approximate surface area is 135 Å². The van der Waals surface area contributed by atoms with Gasteiger partial charge in [-0.15, -0.1) is 8.93 Å². The number of fused-ring (bicyclic) bond motifs is 1. The van der Waals surface area contributed by atoms with Gasteiger partial charge in [-0.3, -0.25) is 9.59 Å². The number of benzene rings is 1. The molecule has 118 valence electrons. The Bertz CT molecular complexity index is 629. The molecule has 0 aromatic heterocycles. The van der Waals surface area contributed by atoms with Crippen molar-refractivity contribution in [1.82, 2.24) is 10.0 Å². The molecule has 1 aromatic rings. The fourth-order valence-electron chi connectivity index (χ4n) is 2.72. The zero-order valence-corrected chi connectivity index (χ0v) is 15.4. The minimum Gasteiger partial charge on any atom is -0.267 e. The molecule has 2 atom stereocenters. The highest BCUT2D eigenvalue weighted by molar-refractivity contribution is 8.02. The molecule has 2 amide bonds. The van der Waals surface area contributed by atoms with Crippen molar-refractivity contribution in [1.29, 1.82) is 0 Å². The molecule has 1 heterocycles. The van der Waals surface area contributed by atoms with E-state index in [1.54, 1.807) is 12.1 Å². The predicted molar refractivity (Wildman–Crippen MR) is 95.9 cm³/mol. The fraction of sp³-hybridized carbons (Fsp3) is 0.375. The van der Waals surface area contributed by atoms with Crippen LogP contribution in [0.4, 0.5) is 0 Å². The van der Waals surface area contributed by atoms with Crippen LogP contribution in [0, 0.1) is 0 Å². The van der Waals surface area contributed by atoms with Crippen LogP contribution in [0.15, 0.2) is 24.3 Å². The summed E-state index contributed by atoms with van der Waals surface area (Å²) in [6.45, 7) is 4.05. The smallest absolute Gasteiger partial charge is 0.267 e. The molecule has 4 nitrogen and oxygen atoms in total. The minimum atomic E-state index is -0.227. The summed E-state index contributed by atoms with van der Waals surface area (Å²) in [7, 11) is 4.99. The van der Waals surface area contributed by atoms with Gasteiger partial charge in [0.15, 0.2) is 0 Å². The van der Waals surface area contributed by atoms with Gasteiger partial charge in [-0.2, -0.15) is 0 Å². The van der Waals surface area contributed by atoms with Gasteiger partial charge in [0, 0.05) is 30.0 Å². The molecule has 2 unspecified atom stereocenters. The third kappa shape index (κ3) is 3.01. The molecule has 1 aromatic carbocycles. The number of aryl methyl sites for hydroxylation is 1. The predicted octanol–water partition coefficient (Wildman–Crippen LogP) is 3.30. The van der Waals surface area contributed by atoms with Crippen molar-refractivity contribution in [2.24, 2.45) is 0 Å². The van der Waals surface area contributed by atoms with E-state index in [1.165, 1.54) is 5.01 Å². The first-order chi connectivity index (χ1) is 10.6. The molecule has 0 bridgehead atoms. The second-order valence-corrected chi connectivity index (χ2v) is 7.11. The molecule has 2 rings (SSSR count). The van der Waals surface area contributed by atoms with E-state index in [2.05, 4.69) is 8.93 Å². The molecule has 0 saturated heterocycles. The Balaban J connectivity index is 2.63. The van der Waals surface area contributed by atoms with Crippen LogP contribution >= 0.6 is 17.2 Å². The maximum absolute atomic E-state index is 12.9. The Morgan fingerprint density at radius 1 is 1.27 bits per heavy atom. The Kier molecular flexibility index (Phi) is 5.86. The number of imide groups is 1. The van der Waals surface area contributed by atoms with Gasteiger partial charge in [-0.25, -0.2) is 10.0 Å². The summed E-state index contributed by atoms with van der Waals surface area (Å²) >= 11 is 0. The molecule has 1 aliphatic rings. The number of carbonyl (C=O) groups is 2. The number of rotatable bonds is 5. The first-order valence-electron chi connectivity index (χ1n) is 7.42. The number of hydrogen-bond acceptors (Lipinski definition) is 3. The number of hydrogen-bond donors (Lipinski definition) is 0. The molecule has 0 spiro atoms. The summed E-state index contributed by atoms with van der Waals surface area (Å²) in [5.74, 6) is -0.444. The van der Waals surface area contributed by atoms with Crippen LogP contribution in [0.3, 0.4) is 0 Å². The summed E-state index contributed by atoms with van der Waals surface area (Å²) in [5.41, 5.74) is 3.14. The summed E-state index contributed by atoms with van der Waals surface area (Å²) in [4.78, 5) is 25.7. The number of nitrogens with zero attached hydrogens (tertiary/aromatic N) is 2. The van der Waals surface area contributed by atoms with Crippen LogP contribution in [0.25, 0.3) is 5.57 Å². The van der Waals surface area contributed by atoms with E-state index in [-0.39, 0.29) is 11.8 Å². The average molecular weight is 336 g/mol. The molecule has 0 aliphatic carbocycles. The van der Waals surface area contributed by atoms with Gasteiger partial charge in [0.2, 0.25) is 0 Å². The van der Waals surface area contributed by atoms with Gasteiger partial charge in [-0.1, -0.05) is 40.3 Å². The molecule has 6 heteroatoms. The van der Waals surface area contributed by atoms with E-state index in [1.807, 2.05) is 38.1 Å². The molecule has 0 N–H and O–H groups in total. The number of carbonyl (C=O) groups excluding carboxylic acids is 2. The lowest BCUT2D eigenvalue weighted by Crippen LogP contribution is -2.50. The normalized spacial score (nSPS) is 17.1. The van der Waals surface area contributed by atoms with Gasteiger partial charge in [0.05, 0.1) is 0 Å². The number of allylic oxidation sites excluding steroid dienone is 1. The fourth-order valence-corrected chi connectivity index (χ4v) is 3.92. The number of amides is 2. The second-order valence-electron chi connectivity index (χ2n) is 5.16. The van der Waals surface area contributed by atoms with Crippen molar-refractivity contribution >= 4 is 34.6 Å². The quantitative estimate of drug-likeness (QED) is 0.471. The highest BCUT2D eigenvalue weighted by atomic mass is 32.0. The Morgan fingerprint density at radius 3 is 2.59 bits per heavy atom. The third-order valence-corrected chi connectivity index (χ3v) is 4.90. The molecule has 1 aliphatic heterocycles. The van der Waals surface area contributed by atoms with Crippen molar-refractivity contribution in [2.75, 3.05) is 13.3 Å². The summed E-state index contributed by atoms with van der Waals surface area (Å²) < 4.78 is 0. The lowest BCUT2D eigenvalue weighted by Gasteiger charge is -2.35. The van der Waals surface area contributed by atoms with Gasteiger partial charge in [0.1, 0.15) is 0 Å². The Hall–Kier alpha value is -1.08. The van der Waals surface area contributed by atoms with E-state index < -0.39 is 0 Å². The van der Waals surface area contributed by atoms with Crippen molar-refractivity contribution in [2.45, 2.75) is 26.7 Å². The summed E-state index contributed by atoms with van der Waals surface area (Å²) in [6.07, 6.45) is 4.14. The number of hydrazine groups is 1. The first-order valence-corrected chi connectivity index (χ1v) is 10.4. The second kappa shape index (κ2) is 7.46. The standard InChI is InChI=1S/C16H22N2O2P2/c1-4-7-12-14-11(5-2)8-6-9-13(14)16(20)18(15(12)19)17(3)10-22-21/h6-9,22H,4-5,10,21H2,1-3H3/b12-7+. The monoisotopic (exact) mass is 336 g/mol. The molecule has 0 saturated carbocycles. The molecular formula is C16H22N2O2P2. The zero-order chi connectivity index (χ0) is 16.3. The van der Waals surface area contributed by atoms with Gasteiger partial charge in [0.25, 0.3) is 11.8 Å². The highest BCUT2D eigenvalue weighted by Crippen LogP contribution is 2.33. The van der Waals surface area contributed by atoms with Crippen molar-refractivity contribution in [3.8, 4) is 0 Å². The van der Waals surface area contributed by atoms with Crippen LogP contribution in [0.5, 0.6) is 0 Å². The molecular weight excluding hydrogens is 314 g/mol. The minimum absolute atomic E-state index is 0.217. The van der Waals surface area contributed by atoms with Gasteiger partial charge >= 0.3 is 0 Å². The van der Waals surface area contributed by atoms with E-state index in [0.29, 0.717) is 25.7 Å². The average Bonchev–Trinajstić information content (AvgIpc) is 2.51. The van der Waals surface area contributed by atoms with Crippen LogP contribution < -0.4 is 0 Å². The third-order valence-electron chi connectivity index (χ3n) is 3.72. The summed E-state index contributed by atoms with van der Waals surface area (Å²) in [6, 6.07) is 5.70. The summed E-state index contributed by atoms with van der Waals surface area (Å²) in [5, 5.41) is 2.99. The van der Waals surface area contributed by atoms with Crippen molar-refractivity contribution in [3.05, 3.63) is 41.0 Å². The van der Waals surface area contributed by atoms with Crippen LogP contribution in [-0.2, 0) is 11.2 Å². The molecule has 0 radical (unpaired) electrons. The van der Waals surface area contributed by atoms with Crippen LogP contribution in [0.1, 0.15) is 41.8 Å². The first kappa shape index (κ1) is 17.3. The SMILES string of the molecule is CC/C=C1/C(=O)N(N(C)CPP)C(=O)c2cccc(CC)c21. The van der Waals surface area contributed by atoms with Gasteiger partial charge < -0.3 is 0 Å². The van der Waals surface area contributed by atoms with Crippen molar-refractivity contribution in [3.63, 3.8) is 0 Å². The maximum Gasteiger partial charge on any atom is 0.276 e. The van der Waals surface area contributed by atoms with E-state index in [4.69, 9.17) is 0 Å². The lowest BCUT2D eigenvalue weighted by atomic mass is 9.88. The van der Waals surface area contributed by atoms with E-state index in [9.17, 15) is 9.59 Å². The van der Waals surface area contributed by atoms with Crippen LogP contribution in [-0.4, -0.2) is 35.2 Å². The van der Waals surface area contributed by atoms with E-state index >= 15 is 0 Å². The van der Waals surface area contributed by atoms with Gasteiger partial charge in [-0.05, 0) is 24.5 Å². The maximum atomic E-state index is 12.9. The molecule has 22 heavy (non-hydrogen) atoms. The van der Waals surface area contributed by atoms with Crippen LogP contribution in [0.2, 0.25) is 0 Å². The lowest BCUT2D eigenvalue weighted by molar-refractivity contribution is -0.133. The van der Waals surface area contributed by atoms with E-state index in [0.717, 1.165) is 24.0 Å². The van der Waals surface area contributed by atoms with Crippen molar-refractivity contribution < 1.29 is 9.59 Å².